The van der Waals surface area contributed by atoms with Crippen LogP contribution >= 0.6 is 0 Å². The maximum absolute atomic E-state index is 9.83. The molecule has 84 valence electrons. The Kier molecular flexibility index (Phi) is 3.77. The third kappa shape index (κ3) is 3.34. The van der Waals surface area contributed by atoms with Crippen LogP contribution in [0.15, 0.2) is 22.8 Å². The zero-order chi connectivity index (χ0) is 10.5. The van der Waals surface area contributed by atoms with E-state index in [9.17, 15) is 5.11 Å². The summed E-state index contributed by atoms with van der Waals surface area (Å²) < 4.78 is 10.4. The van der Waals surface area contributed by atoms with Gasteiger partial charge >= 0.3 is 0 Å². The van der Waals surface area contributed by atoms with Crippen LogP contribution in [-0.4, -0.2) is 49.0 Å². The van der Waals surface area contributed by atoms with Crippen LogP contribution in [-0.2, 0) is 11.2 Å². The lowest BCUT2D eigenvalue weighted by Gasteiger charge is -2.28. The Morgan fingerprint density at radius 3 is 2.87 bits per heavy atom. The maximum atomic E-state index is 9.83. The predicted octanol–water partition coefficient (Wildman–Crippen LogP) is 0.515. The first-order valence-electron chi connectivity index (χ1n) is 5.35. The fourth-order valence-electron chi connectivity index (χ4n) is 1.81. The Balaban J connectivity index is 1.74. The van der Waals surface area contributed by atoms with Gasteiger partial charge in [0.05, 0.1) is 25.6 Å². The van der Waals surface area contributed by atoms with Crippen molar-refractivity contribution in [3.05, 3.63) is 24.2 Å². The van der Waals surface area contributed by atoms with Crippen LogP contribution in [0.4, 0.5) is 0 Å². The SMILES string of the molecule is OC(Cc1ccco1)CN1CCOCC1. The zero-order valence-corrected chi connectivity index (χ0v) is 8.76. The van der Waals surface area contributed by atoms with Crippen molar-refractivity contribution in [2.24, 2.45) is 0 Å². The Hall–Kier alpha value is -0.840. The second kappa shape index (κ2) is 5.30. The molecule has 4 nitrogen and oxygen atoms in total. The van der Waals surface area contributed by atoms with E-state index in [4.69, 9.17) is 9.15 Å². The van der Waals surface area contributed by atoms with Gasteiger partial charge in [-0.1, -0.05) is 0 Å². The highest BCUT2D eigenvalue weighted by Gasteiger charge is 2.15. The van der Waals surface area contributed by atoms with Gasteiger partial charge in [-0.15, -0.1) is 0 Å². The lowest BCUT2D eigenvalue weighted by molar-refractivity contribution is 0.0141. The molecule has 1 aromatic heterocycles. The topological polar surface area (TPSA) is 45.8 Å². The van der Waals surface area contributed by atoms with E-state index in [2.05, 4.69) is 4.90 Å². The van der Waals surface area contributed by atoms with Crippen molar-refractivity contribution in [3.63, 3.8) is 0 Å². The summed E-state index contributed by atoms with van der Waals surface area (Å²) in [7, 11) is 0. The van der Waals surface area contributed by atoms with E-state index < -0.39 is 0 Å². The molecule has 2 heterocycles. The number of aliphatic hydroxyl groups is 1. The highest BCUT2D eigenvalue weighted by Crippen LogP contribution is 2.06. The number of rotatable bonds is 4. The van der Waals surface area contributed by atoms with E-state index in [0.717, 1.165) is 32.1 Å². The highest BCUT2D eigenvalue weighted by molar-refractivity contribution is 4.99. The molecular weight excluding hydrogens is 194 g/mol. The first kappa shape index (κ1) is 10.7. The number of morpholine rings is 1. The van der Waals surface area contributed by atoms with Gasteiger partial charge < -0.3 is 14.3 Å². The summed E-state index contributed by atoms with van der Waals surface area (Å²) in [5.41, 5.74) is 0. The monoisotopic (exact) mass is 211 g/mol. The number of nitrogens with zero attached hydrogens (tertiary/aromatic N) is 1. The van der Waals surface area contributed by atoms with Gasteiger partial charge in [0.1, 0.15) is 5.76 Å². The standard InChI is InChI=1S/C11H17NO3/c13-10(8-11-2-1-5-15-11)9-12-3-6-14-7-4-12/h1-2,5,10,13H,3-4,6-9H2. The van der Waals surface area contributed by atoms with E-state index in [1.165, 1.54) is 0 Å². The normalized spacial score (nSPS) is 20.3. The summed E-state index contributed by atoms with van der Waals surface area (Å²) in [6.45, 7) is 4.06. The van der Waals surface area contributed by atoms with E-state index in [0.29, 0.717) is 13.0 Å². The minimum absolute atomic E-state index is 0.353. The number of ether oxygens (including phenoxy) is 1. The number of aliphatic hydroxyl groups excluding tert-OH is 1. The molecule has 1 aromatic rings. The van der Waals surface area contributed by atoms with Crippen molar-refractivity contribution in [1.29, 1.82) is 0 Å². The summed E-state index contributed by atoms with van der Waals surface area (Å²) in [4.78, 5) is 2.22. The van der Waals surface area contributed by atoms with E-state index in [1.54, 1.807) is 6.26 Å². The van der Waals surface area contributed by atoms with Crippen molar-refractivity contribution in [3.8, 4) is 0 Å². The predicted molar refractivity (Wildman–Crippen MR) is 55.7 cm³/mol. The van der Waals surface area contributed by atoms with Gasteiger partial charge in [0.15, 0.2) is 0 Å². The maximum Gasteiger partial charge on any atom is 0.106 e. The molecule has 1 fully saturated rings. The van der Waals surface area contributed by atoms with Gasteiger partial charge in [0, 0.05) is 26.1 Å². The molecule has 0 aromatic carbocycles. The van der Waals surface area contributed by atoms with Crippen LogP contribution in [0, 0.1) is 0 Å². The Morgan fingerprint density at radius 1 is 1.40 bits per heavy atom. The molecule has 2 rings (SSSR count). The molecule has 1 atom stereocenters. The average Bonchev–Trinajstić information content (AvgIpc) is 2.71. The first-order valence-corrected chi connectivity index (χ1v) is 5.35. The molecule has 0 bridgehead atoms. The molecule has 0 radical (unpaired) electrons. The molecule has 1 aliphatic rings. The van der Waals surface area contributed by atoms with Gasteiger partial charge in [-0.05, 0) is 12.1 Å². The van der Waals surface area contributed by atoms with Crippen LogP contribution in [0.2, 0.25) is 0 Å². The molecule has 1 saturated heterocycles. The highest BCUT2D eigenvalue weighted by atomic mass is 16.5. The van der Waals surface area contributed by atoms with Crippen molar-refractivity contribution >= 4 is 0 Å². The minimum atomic E-state index is -0.353. The third-order valence-corrected chi connectivity index (χ3v) is 2.59. The molecule has 0 spiro atoms. The van der Waals surface area contributed by atoms with E-state index in [-0.39, 0.29) is 6.10 Å². The summed E-state index contributed by atoms with van der Waals surface area (Å²) in [5.74, 6) is 0.843. The number of furan rings is 1. The molecule has 0 aliphatic carbocycles. The van der Waals surface area contributed by atoms with Crippen LogP contribution in [0.25, 0.3) is 0 Å². The van der Waals surface area contributed by atoms with Crippen molar-refractivity contribution in [2.45, 2.75) is 12.5 Å². The molecule has 1 N–H and O–H groups in total. The van der Waals surface area contributed by atoms with Crippen molar-refractivity contribution < 1.29 is 14.3 Å². The van der Waals surface area contributed by atoms with Crippen LogP contribution in [0.1, 0.15) is 5.76 Å². The Bertz CT molecular complexity index is 267. The van der Waals surface area contributed by atoms with Crippen LogP contribution < -0.4 is 0 Å². The van der Waals surface area contributed by atoms with E-state index >= 15 is 0 Å². The quantitative estimate of drug-likeness (QED) is 0.788. The van der Waals surface area contributed by atoms with Gasteiger partial charge in [-0.25, -0.2) is 0 Å². The smallest absolute Gasteiger partial charge is 0.106 e. The molecule has 4 heteroatoms. The second-order valence-corrected chi connectivity index (χ2v) is 3.85. The Morgan fingerprint density at radius 2 is 2.20 bits per heavy atom. The lowest BCUT2D eigenvalue weighted by atomic mass is 10.2. The van der Waals surface area contributed by atoms with Crippen LogP contribution in [0.3, 0.4) is 0 Å². The van der Waals surface area contributed by atoms with Crippen molar-refractivity contribution in [1.82, 2.24) is 4.90 Å². The largest absolute Gasteiger partial charge is 0.469 e. The average molecular weight is 211 g/mol. The van der Waals surface area contributed by atoms with Crippen LogP contribution in [0.5, 0.6) is 0 Å². The molecule has 15 heavy (non-hydrogen) atoms. The fraction of sp³-hybridized carbons (Fsp3) is 0.636. The Labute approximate surface area is 89.4 Å². The van der Waals surface area contributed by atoms with Crippen molar-refractivity contribution in [2.75, 3.05) is 32.8 Å². The second-order valence-electron chi connectivity index (χ2n) is 3.85. The van der Waals surface area contributed by atoms with E-state index in [1.807, 2.05) is 12.1 Å². The van der Waals surface area contributed by atoms with Gasteiger partial charge in [-0.2, -0.15) is 0 Å². The number of β-amino-alcohol motifs (C(OH)–C–C–N with tert-alkyl or cyclic N) is 1. The number of hydrogen-bond acceptors (Lipinski definition) is 4. The molecule has 1 unspecified atom stereocenters. The molecule has 1 aliphatic heterocycles. The zero-order valence-electron chi connectivity index (χ0n) is 8.76. The molecule has 0 saturated carbocycles. The summed E-state index contributed by atoms with van der Waals surface area (Å²) in [6, 6.07) is 3.74. The van der Waals surface area contributed by atoms with Gasteiger partial charge in [-0.3, -0.25) is 4.90 Å². The first-order chi connectivity index (χ1) is 7.34. The summed E-state index contributed by atoms with van der Waals surface area (Å²) in [6.07, 6.45) is 1.87. The summed E-state index contributed by atoms with van der Waals surface area (Å²) in [5, 5.41) is 9.83. The van der Waals surface area contributed by atoms with Gasteiger partial charge in [0.2, 0.25) is 0 Å². The molecular formula is C11H17NO3. The minimum Gasteiger partial charge on any atom is -0.469 e. The van der Waals surface area contributed by atoms with Gasteiger partial charge in [0.25, 0.3) is 0 Å². The molecule has 0 amide bonds. The third-order valence-electron chi connectivity index (χ3n) is 2.59. The fourth-order valence-corrected chi connectivity index (χ4v) is 1.81. The lowest BCUT2D eigenvalue weighted by Crippen LogP contribution is -2.41. The number of hydrogen-bond donors (Lipinski definition) is 1. The summed E-state index contributed by atoms with van der Waals surface area (Å²) >= 11 is 0.